The van der Waals surface area contributed by atoms with Crippen LogP contribution in [0.3, 0.4) is 0 Å². The van der Waals surface area contributed by atoms with Crippen molar-refractivity contribution in [1.82, 2.24) is 9.97 Å². The summed E-state index contributed by atoms with van der Waals surface area (Å²) in [4.78, 5) is 19.3. The second-order valence-electron chi connectivity index (χ2n) is 4.36. The molecule has 1 heterocycles. The van der Waals surface area contributed by atoms with Gasteiger partial charge in [-0.3, -0.25) is 4.79 Å². The minimum absolute atomic E-state index is 0.155. The Hall–Kier alpha value is -1.50. The molecule has 2 rings (SSSR count). The fourth-order valence-corrected chi connectivity index (χ4v) is 2.56. The first-order valence-electron chi connectivity index (χ1n) is 5.54. The molecule has 1 aliphatic carbocycles. The predicted octanol–water partition coefficient (Wildman–Crippen LogP) is 0.158. The number of carbonyl (C=O) groups is 1. The van der Waals surface area contributed by atoms with Crippen LogP contribution in [0.2, 0.25) is 0 Å². The molecule has 1 unspecified atom stereocenters. The molecule has 7 heteroatoms. The minimum Gasteiger partial charge on any atom is -0.469 e. The smallest absolute Gasteiger partial charge is 0.309 e. The van der Waals surface area contributed by atoms with Gasteiger partial charge in [0.1, 0.15) is 0 Å². The van der Waals surface area contributed by atoms with E-state index < -0.39 is 9.84 Å². The quantitative estimate of drug-likeness (QED) is 0.562. The van der Waals surface area contributed by atoms with Crippen LogP contribution in [-0.4, -0.2) is 37.7 Å². The summed E-state index contributed by atoms with van der Waals surface area (Å²) in [6.07, 6.45) is 4.27. The highest BCUT2D eigenvalue weighted by Crippen LogP contribution is 2.25. The lowest BCUT2D eigenvalue weighted by Gasteiger charge is -2.21. The van der Waals surface area contributed by atoms with E-state index in [4.69, 9.17) is 4.74 Å². The van der Waals surface area contributed by atoms with Crippen LogP contribution in [0.4, 0.5) is 0 Å². The molecule has 0 fully saturated rings. The number of ether oxygens (including phenoxy) is 1. The Balaban J connectivity index is 2.29. The lowest BCUT2D eigenvalue weighted by atomic mass is 9.87. The average Bonchev–Trinajstić information content (AvgIpc) is 2.35. The van der Waals surface area contributed by atoms with Gasteiger partial charge in [-0.2, -0.15) is 0 Å². The van der Waals surface area contributed by atoms with Gasteiger partial charge >= 0.3 is 5.97 Å². The van der Waals surface area contributed by atoms with E-state index in [9.17, 15) is 13.2 Å². The molecule has 0 bridgehead atoms. The van der Waals surface area contributed by atoms with Gasteiger partial charge in [-0.05, 0) is 24.8 Å². The maximum absolute atomic E-state index is 11.4. The van der Waals surface area contributed by atoms with Gasteiger partial charge in [0.05, 0.1) is 13.0 Å². The van der Waals surface area contributed by atoms with Crippen molar-refractivity contribution in [2.24, 2.45) is 5.92 Å². The van der Waals surface area contributed by atoms with E-state index in [2.05, 4.69) is 9.97 Å². The Morgan fingerprint density at radius 2 is 2.22 bits per heavy atom. The largest absolute Gasteiger partial charge is 0.469 e. The van der Waals surface area contributed by atoms with Gasteiger partial charge in [0, 0.05) is 18.1 Å². The Kier molecular flexibility index (Phi) is 3.34. The lowest BCUT2D eigenvalue weighted by Crippen LogP contribution is -2.25. The monoisotopic (exact) mass is 270 g/mol. The fraction of sp³-hybridized carbons (Fsp3) is 0.545. The van der Waals surface area contributed by atoms with Crippen molar-refractivity contribution in [1.29, 1.82) is 0 Å². The lowest BCUT2D eigenvalue weighted by molar-refractivity contribution is -0.145. The number of hydrogen-bond acceptors (Lipinski definition) is 6. The normalized spacial score (nSPS) is 19.1. The van der Waals surface area contributed by atoms with Crippen LogP contribution in [0.25, 0.3) is 0 Å². The van der Waals surface area contributed by atoms with E-state index in [1.807, 2.05) is 0 Å². The summed E-state index contributed by atoms with van der Waals surface area (Å²) in [6.45, 7) is 0. The molecule has 1 aromatic heterocycles. The van der Waals surface area contributed by atoms with E-state index in [1.165, 1.54) is 13.3 Å². The Morgan fingerprint density at radius 3 is 2.83 bits per heavy atom. The minimum atomic E-state index is -3.38. The SMILES string of the molecule is COC(=O)C1CCc2nc(S(C)(=O)=O)ncc2C1. The predicted molar refractivity (Wildman–Crippen MR) is 62.7 cm³/mol. The molecule has 1 aromatic rings. The first kappa shape index (κ1) is 12.9. The molecule has 6 nitrogen and oxygen atoms in total. The van der Waals surface area contributed by atoms with Crippen molar-refractivity contribution in [2.45, 2.75) is 24.4 Å². The third-order valence-corrected chi connectivity index (χ3v) is 3.85. The summed E-state index contributed by atoms with van der Waals surface area (Å²) in [5, 5.41) is -0.155. The van der Waals surface area contributed by atoms with Gasteiger partial charge in [0.15, 0.2) is 0 Å². The number of nitrogens with zero attached hydrogens (tertiary/aromatic N) is 2. The number of aromatic nitrogens is 2. The van der Waals surface area contributed by atoms with E-state index in [1.54, 1.807) is 0 Å². The summed E-state index contributed by atoms with van der Waals surface area (Å²) in [5.41, 5.74) is 1.54. The van der Waals surface area contributed by atoms with Crippen molar-refractivity contribution in [3.05, 3.63) is 17.5 Å². The third-order valence-electron chi connectivity index (χ3n) is 2.99. The number of carbonyl (C=O) groups excluding carboxylic acids is 1. The van der Waals surface area contributed by atoms with Crippen LogP contribution in [0.5, 0.6) is 0 Å². The van der Waals surface area contributed by atoms with Gasteiger partial charge in [-0.15, -0.1) is 0 Å². The van der Waals surface area contributed by atoms with E-state index >= 15 is 0 Å². The number of sulfone groups is 1. The molecular formula is C11H14N2O4S. The summed E-state index contributed by atoms with van der Waals surface area (Å²) in [6, 6.07) is 0. The summed E-state index contributed by atoms with van der Waals surface area (Å²) >= 11 is 0. The van der Waals surface area contributed by atoms with Crippen LogP contribution < -0.4 is 0 Å². The molecule has 0 N–H and O–H groups in total. The second kappa shape index (κ2) is 4.64. The van der Waals surface area contributed by atoms with Gasteiger partial charge in [-0.1, -0.05) is 0 Å². The standard InChI is InChI=1S/C11H14N2O4S/c1-17-10(14)7-3-4-9-8(5-7)6-12-11(13-9)18(2,15)16/h6-7H,3-5H2,1-2H3. The Labute approximate surface area is 105 Å². The Bertz CT molecular complexity index is 583. The summed E-state index contributed by atoms with van der Waals surface area (Å²) in [5.74, 6) is -0.428. The summed E-state index contributed by atoms with van der Waals surface area (Å²) < 4.78 is 27.4. The molecule has 0 radical (unpaired) electrons. The van der Waals surface area contributed by atoms with Crippen molar-refractivity contribution < 1.29 is 17.9 Å². The maximum Gasteiger partial charge on any atom is 0.309 e. The molecule has 0 saturated carbocycles. The van der Waals surface area contributed by atoms with Crippen LogP contribution in [0.1, 0.15) is 17.7 Å². The van der Waals surface area contributed by atoms with Crippen LogP contribution in [0, 0.1) is 5.92 Å². The van der Waals surface area contributed by atoms with Crippen LogP contribution in [-0.2, 0) is 32.2 Å². The van der Waals surface area contributed by atoms with Crippen LogP contribution >= 0.6 is 0 Å². The first-order chi connectivity index (χ1) is 8.41. The van der Waals surface area contributed by atoms with E-state index in [0.717, 1.165) is 11.8 Å². The third kappa shape index (κ3) is 2.50. The second-order valence-corrected chi connectivity index (χ2v) is 6.27. The van der Waals surface area contributed by atoms with Crippen molar-refractivity contribution >= 4 is 15.8 Å². The van der Waals surface area contributed by atoms with Gasteiger partial charge in [-0.25, -0.2) is 18.4 Å². The van der Waals surface area contributed by atoms with Gasteiger partial charge in [0.25, 0.3) is 0 Å². The molecule has 98 valence electrons. The first-order valence-corrected chi connectivity index (χ1v) is 7.43. The highest BCUT2D eigenvalue weighted by Gasteiger charge is 2.27. The molecule has 1 atom stereocenters. The zero-order chi connectivity index (χ0) is 13.3. The number of hydrogen-bond donors (Lipinski definition) is 0. The molecule has 0 aliphatic heterocycles. The molecule has 0 saturated heterocycles. The van der Waals surface area contributed by atoms with Crippen LogP contribution in [0.15, 0.2) is 11.4 Å². The number of aryl methyl sites for hydroxylation is 1. The Morgan fingerprint density at radius 1 is 1.50 bits per heavy atom. The fourth-order valence-electron chi connectivity index (χ4n) is 2.04. The molecule has 0 aromatic carbocycles. The van der Waals surface area contributed by atoms with Gasteiger partial charge in [0.2, 0.25) is 15.0 Å². The maximum atomic E-state index is 11.4. The molecular weight excluding hydrogens is 256 g/mol. The zero-order valence-electron chi connectivity index (χ0n) is 10.2. The van der Waals surface area contributed by atoms with Crippen molar-refractivity contribution in [3.63, 3.8) is 0 Å². The zero-order valence-corrected chi connectivity index (χ0v) is 11.0. The number of methoxy groups -OCH3 is 1. The molecule has 18 heavy (non-hydrogen) atoms. The highest BCUT2D eigenvalue weighted by atomic mass is 32.2. The highest BCUT2D eigenvalue weighted by molar-refractivity contribution is 7.90. The average molecular weight is 270 g/mol. The topological polar surface area (TPSA) is 86.2 Å². The van der Waals surface area contributed by atoms with E-state index in [0.29, 0.717) is 25.0 Å². The summed E-state index contributed by atoms with van der Waals surface area (Å²) in [7, 11) is -2.02. The number of rotatable bonds is 2. The number of fused-ring (bicyclic) bond motifs is 1. The molecule has 1 aliphatic rings. The van der Waals surface area contributed by atoms with Gasteiger partial charge < -0.3 is 4.74 Å². The van der Waals surface area contributed by atoms with E-state index in [-0.39, 0.29) is 17.0 Å². The molecule has 0 amide bonds. The number of esters is 1. The van der Waals surface area contributed by atoms with Crippen molar-refractivity contribution in [2.75, 3.05) is 13.4 Å². The molecule has 0 spiro atoms. The van der Waals surface area contributed by atoms with Crippen molar-refractivity contribution in [3.8, 4) is 0 Å².